The van der Waals surface area contributed by atoms with Crippen LogP contribution in [-0.2, 0) is 30.9 Å². The van der Waals surface area contributed by atoms with E-state index in [9.17, 15) is 31.2 Å². The van der Waals surface area contributed by atoms with Crippen LogP contribution >= 0.6 is 15.9 Å². The van der Waals surface area contributed by atoms with E-state index in [1.54, 1.807) is 30.5 Å². The zero-order valence-corrected chi connectivity index (χ0v) is 21.1. The molecule has 0 spiro atoms. The van der Waals surface area contributed by atoms with Gasteiger partial charge in [-0.1, -0.05) is 46.3 Å². The van der Waals surface area contributed by atoms with Gasteiger partial charge in [0.1, 0.15) is 12.8 Å². The summed E-state index contributed by atoms with van der Waals surface area (Å²) < 4.78 is 69.3. The minimum atomic E-state index is -3.36. The summed E-state index contributed by atoms with van der Waals surface area (Å²) in [7, 11) is -3.36. The molecule has 192 valence electrons. The van der Waals surface area contributed by atoms with Crippen LogP contribution in [0.15, 0.2) is 42.6 Å². The van der Waals surface area contributed by atoms with Gasteiger partial charge >= 0.3 is 12.4 Å². The Morgan fingerprint density at radius 3 is 2.29 bits per heavy atom. The quantitative estimate of drug-likeness (QED) is 0.278. The van der Waals surface area contributed by atoms with E-state index in [2.05, 4.69) is 25.6 Å². The number of aromatic nitrogens is 1. The summed E-state index contributed by atoms with van der Waals surface area (Å²) in [4.78, 5) is 27.8. The Morgan fingerprint density at radius 2 is 1.77 bits per heavy atom. The number of nitrogens with one attached hydrogen (secondary N) is 2. The Hall–Kier alpha value is -2.51. The summed E-state index contributed by atoms with van der Waals surface area (Å²) in [5.74, 6) is -2.33. The largest absolute Gasteiger partial charge is 0.455 e. The van der Waals surface area contributed by atoms with Crippen LogP contribution in [0.4, 0.5) is 13.2 Å². The molecule has 8 nitrogen and oxygen atoms in total. The number of hydrogen-bond acceptors (Lipinski definition) is 6. The van der Waals surface area contributed by atoms with Gasteiger partial charge in [0.25, 0.3) is 5.91 Å². The zero-order valence-electron chi connectivity index (χ0n) is 18.7. The second kappa shape index (κ2) is 13.5. The normalized spacial score (nSPS) is 13.3. The van der Waals surface area contributed by atoms with Crippen molar-refractivity contribution in [2.45, 2.75) is 38.0 Å². The zero-order chi connectivity index (χ0) is 26.0. The van der Waals surface area contributed by atoms with Gasteiger partial charge in [-0.15, -0.1) is 0 Å². The minimum absolute atomic E-state index is 0.0217. The van der Waals surface area contributed by atoms with Crippen molar-refractivity contribution in [3.63, 3.8) is 0 Å². The van der Waals surface area contributed by atoms with Crippen molar-refractivity contribution in [3.05, 3.63) is 53.9 Å². The van der Waals surface area contributed by atoms with Crippen LogP contribution in [0.1, 0.15) is 30.2 Å². The molecule has 0 aliphatic rings. The van der Waals surface area contributed by atoms with Gasteiger partial charge < -0.3 is 10.1 Å². The molecule has 1 heterocycles. The molecular formula is C22H25BrF3N3O5S. The molecule has 0 aliphatic heterocycles. The SMILES string of the molecule is CS(=O)(=O)NCc1ccc(-c2ccc(C(OC(=O)CCCBr)C(CF)NC(=O)C(F)F)cc2)cn1. The number of hydrogen-bond donors (Lipinski definition) is 2. The first-order valence-corrected chi connectivity index (χ1v) is 13.4. The lowest BCUT2D eigenvalue weighted by atomic mass is 9.99. The predicted molar refractivity (Wildman–Crippen MR) is 127 cm³/mol. The smallest absolute Gasteiger partial charge is 0.315 e. The number of alkyl halides is 4. The number of halogens is 4. The van der Waals surface area contributed by atoms with E-state index in [1.807, 2.05) is 5.32 Å². The number of rotatable bonds is 13. The summed E-state index contributed by atoms with van der Waals surface area (Å²) in [6.45, 7) is -1.20. The fourth-order valence-corrected chi connectivity index (χ4v) is 3.70. The predicted octanol–water partition coefficient (Wildman–Crippen LogP) is 3.28. The van der Waals surface area contributed by atoms with E-state index in [1.165, 1.54) is 12.1 Å². The molecule has 2 atom stereocenters. The Morgan fingerprint density at radius 1 is 1.11 bits per heavy atom. The molecule has 2 rings (SSSR count). The number of amides is 1. The number of pyridine rings is 1. The fraction of sp³-hybridized carbons (Fsp3) is 0.409. The number of sulfonamides is 1. The molecule has 2 unspecified atom stereocenters. The highest BCUT2D eigenvalue weighted by atomic mass is 79.9. The van der Waals surface area contributed by atoms with Crippen molar-refractivity contribution in [2.24, 2.45) is 0 Å². The first-order valence-electron chi connectivity index (χ1n) is 10.4. The van der Waals surface area contributed by atoms with E-state index in [0.717, 1.165) is 6.26 Å². The topological polar surface area (TPSA) is 114 Å². The van der Waals surface area contributed by atoms with Crippen LogP contribution < -0.4 is 10.0 Å². The molecule has 1 aromatic heterocycles. The molecule has 13 heteroatoms. The third kappa shape index (κ3) is 9.57. The summed E-state index contributed by atoms with van der Waals surface area (Å²) in [6, 6.07) is 8.23. The van der Waals surface area contributed by atoms with Crippen LogP contribution in [0.3, 0.4) is 0 Å². The molecule has 0 saturated heterocycles. The van der Waals surface area contributed by atoms with Gasteiger partial charge in [-0.05, 0) is 23.6 Å². The molecule has 1 aromatic carbocycles. The molecule has 0 aliphatic carbocycles. The lowest BCUT2D eigenvalue weighted by molar-refractivity contribution is -0.153. The summed E-state index contributed by atoms with van der Waals surface area (Å²) >= 11 is 3.19. The summed E-state index contributed by atoms with van der Waals surface area (Å²) in [6.07, 6.45) is -1.60. The molecule has 0 bridgehead atoms. The fourth-order valence-electron chi connectivity index (χ4n) is 3.01. The van der Waals surface area contributed by atoms with Crippen LogP contribution in [0.2, 0.25) is 0 Å². The van der Waals surface area contributed by atoms with Crippen LogP contribution in [-0.4, -0.2) is 56.0 Å². The molecule has 0 saturated carbocycles. The summed E-state index contributed by atoms with van der Waals surface area (Å²) in [5.41, 5.74) is 2.20. The minimum Gasteiger partial charge on any atom is -0.455 e. The van der Waals surface area contributed by atoms with Crippen LogP contribution in [0.5, 0.6) is 0 Å². The molecule has 2 aromatic rings. The Bertz CT molecular complexity index is 1090. The van der Waals surface area contributed by atoms with Crippen molar-refractivity contribution in [1.29, 1.82) is 0 Å². The number of ether oxygens (including phenoxy) is 1. The van der Waals surface area contributed by atoms with Crippen molar-refractivity contribution in [2.75, 3.05) is 18.3 Å². The lowest BCUT2D eigenvalue weighted by Gasteiger charge is -2.26. The molecule has 35 heavy (non-hydrogen) atoms. The Balaban J connectivity index is 2.24. The second-order valence-corrected chi connectivity index (χ2v) is 10.2. The number of carbonyl (C=O) groups is 2. The van der Waals surface area contributed by atoms with E-state index in [0.29, 0.717) is 34.1 Å². The van der Waals surface area contributed by atoms with Crippen LogP contribution in [0.25, 0.3) is 11.1 Å². The van der Waals surface area contributed by atoms with Gasteiger partial charge in [0.15, 0.2) is 0 Å². The van der Waals surface area contributed by atoms with Crippen molar-refractivity contribution < 1.29 is 35.9 Å². The Kier molecular flexibility index (Phi) is 11.1. The standard InChI is InChI=1S/C22H25BrF3N3O5S/c1-35(32,33)28-13-17-9-8-16(12-27-17)14-4-6-15(7-5-14)20(34-19(30)3-2-10-23)18(11-24)29-22(31)21(25)26/h4-9,12,18,20-21,28H,2-3,10-11,13H2,1H3,(H,29,31). The van der Waals surface area contributed by atoms with E-state index < -0.39 is 47.1 Å². The third-order valence-corrected chi connectivity index (χ3v) is 5.97. The second-order valence-electron chi connectivity index (χ2n) is 7.53. The molecule has 2 N–H and O–H groups in total. The van der Waals surface area contributed by atoms with Crippen molar-refractivity contribution >= 4 is 37.8 Å². The maximum absolute atomic E-state index is 13.7. The average molecular weight is 580 g/mol. The molecule has 1 amide bonds. The van der Waals surface area contributed by atoms with Gasteiger partial charge in [0.2, 0.25) is 10.0 Å². The van der Waals surface area contributed by atoms with Gasteiger partial charge in [-0.2, -0.15) is 8.78 Å². The number of nitrogens with zero attached hydrogens (tertiary/aromatic N) is 1. The van der Waals surface area contributed by atoms with Gasteiger partial charge in [0, 0.05) is 23.5 Å². The highest BCUT2D eigenvalue weighted by Gasteiger charge is 2.31. The van der Waals surface area contributed by atoms with Gasteiger partial charge in [-0.25, -0.2) is 17.5 Å². The molecular weight excluding hydrogens is 555 g/mol. The first-order chi connectivity index (χ1) is 16.5. The van der Waals surface area contributed by atoms with Crippen LogP contribution in [0, 0.1) is 0 Å². The van der Waals surface area contributed by atoms with E-state index >= 15 is 0 Å². The summed E-state index contributed by atoms with van der Waals surface area (Å²) in [5, 5.41) is 2.43. The van der Waals surface area contributed by atoms with Crippen molar-refractivity contribution in [1.82, 2.24) is 15.0 Å². The Labute approximate surface area is 209 Å². The van der Waals surface area contributed by atoms with E-state index in [-0.39, 0.29) is 13.0 Å². The number of carbonyl (C=O) groups excluding carboxylic acids is 2. The van der Waals surface area contributed by atoms with E-state index in [4.69, 9.17) is 4.74 Å². The average Bonchev–Trinajstić information content (AvgIpc) is 2.83. The van der Waals surface area contributed by atoms with Crippen molar-refractivity contribution in [3.8, 4) is 11.1 Å². The highest BCUT2D eigenvalue weighted by Crippen LogP contribution is 2.27. The maximum atomic E-state index is 13.7. The van der Waals surface area contributed by atoms with Gasteiger partial charge in [-0.3, -0.25) is 14.6 Å². The highest BCUT2D eigenvalue weighted by molar-refractivity contribution is 9.09. The lowest BCUT2D eigenvalue weighted by Crippen LogP contribution is -2.44. The van der Waals surface area contributed by atoms with Gasteiger partial charge in [0.05, 0.1) is 24.5 Å². The first kappa shape index (κ1) is 28.7. The maximum Gasteiger partial charge on any atom is 0.315 e. The molecule has 0 radical (unpaired) electrons. The third-order valence-electron chi connectivity index (χ3n) is 4.74. The monoisotopic (exact) mass is 579 g/mol. The number of esters is 1. The molecule has 0 fully saturated rings. The number of benzene rings is 1.